The molecule has 1 unspecified atom stereocenters. The van der Waals surface area contributed by atoms with E-state index in [1.54, 1.807) is 11.8 Å². The molecule has 0 aliphatic carbocycles. The van der Waals surface area contributed by atoms with Gasteiger partial charge in [0.15, 0.2) is 0 Å². The van der Waals surface area contributed by atoms with Crippen molar-refractivity contribution < 1.29 is 47.4 Å². The molecule has 5 fully saturated rings. The van der Waals surface area contributed by atoms with Gasteiger partial charge in [0, 0.05) is 25.0 Å². The standard InChI is InChI=1S/C59H73O10S.3C4H9.Sn/c1-8-31-61-48-36-58(6)50(34-47-49(67-58)40-63-54(65-47)44-26-18-12-19-27-44)64-46(48)33-41(3)55(70-45-28-20-13-21-29-45)66-51-35-52-59(7,69-56(51,4)9-2)37-53(62-39-43-24-16-11-17-25-43)57(5,68-52)30-32-60-38-42-22-14-10-15-23-42;3*1-3-4-2;/h8-29,31,41,46-55H,1-2,30,32-40H2,3-7H3;3*1,3-4H2,2H3;/b31-8-;;;;/t41-,46+,47+,48-,49-,50-,51+,52-,53-,54-,55?,56-,57+,58+,59+;;;;/m1..../s1. The van der Waals surface area contributed by atoms with Gasteiger partial charge in [0.2, 0.25) is 0 Å². The maximum absolute atomic E-state index is 7.63. The average Bonchev–Trinajstić information content (AvgIpc) is 2.97. The summed E-state index contributed by atoms with van der Waals surface area (Å²) < 4.78 is 76.1. The SMILES string of the molecule is C=C[C@@]1(C)O[C@@]2(C)C[C@@H](OCc3ccccc3)[C@](C)(CCOCc3ccccc3)O[C@@H]2C[C@@H]1OC(Sc1ccccc1)[C@H](C)C[C@@H]1O[C@@H]2C[C@@H]3O[C@H](c4ccccc4)OC[C@H]3O[C@@]2(C)C[C@H]1O/C=C\[CH2][Sn]([CH2]CCC)([CH2]CCC)[CH2]CCC. The topological polar surface area (TPSA) is 92.3 Å². The monoisotopic (exact) mass is 1260 g/mol. The Morgan fingerprint density at radius 3 is 1.96 bits per heavy atom. The maximum atomic E-state index is 7.63. The zero-order chi connectivity index (χ0) is 58.3. The fourth-order valence-electron chi connectivity index (χ4n) is 13.7. The zero-order valence-corrected chi connectivity index (χ0v) is 55.1. The van der Waals surface area contributed by atoms with E-state index >= 15 is 0 Å². The third-order valence-corrected chi connectivity index (χ3v) is 35.6. The van der Waals surface area contributed by atoms with E-state index < -0.39 is 47.1 Å². The number of rotatable bonds is 30. The number of hydrogen-bond donors (Lipinski definition) is 0. The van der Waals surface area contributed by atoms with Crippen LogP contribution in [0.5, 0.6) is 0 Å². The molecule has 5 aliphatic heterocycles. The molecule has 0 aromatic heterocycles. The summed E-state index contributed by atoms with van der Waals surface area (Å²) in [6, 6.07) is 41.6. The van der Waals surface area contributed by atoms with E-state index in [0.717, 1.165) is 21.6 Å². The second kappa shape index (κ2) is 30.2. The average molecular weight is 1260 g/mol. The molecule has 4 aromatic carbocycles. The van der Waals surface area contributed by atoms with Gasteiger partial charge in [-0.05, 0) is 31.9 Å². The fourth-order valence-corrected chi connectivity index (χ4v) is 29.9. The first kappa shape index (κ1) is 64.4. The molecule has 0 bridgehead atoms. The van der Waals surface area contributed by atoms with Gasteiger partial charge in [0.25, 0.3) is 0 Å². The third-order valence-electron chi connectivity index (χ3n) is 19.0. The van der Waals surface area contributed by atoms with Gasteiger partial charge < -0.3 is 18.9 Å². The van der Waals surface area contributed by atoms with Gasteiger partial charge in [-0.15, -0.1) is 6.58 Å². The molecule has 5 saturated heterocycles. The molecule has 15 atom stereocenters. The van der Waals surface area contributed by atoms with E-state index in [4.69, 9.17) is 47.4 Å². The van der Waals surface area contributed by atoms with E-state index in [2.05, 4.69) is 165 Å². The van der Waals surface area contributed by atoms with E-state index in [-0.39, 0.29) is 60.2 Å². The van der Waals surface area contributed by atoms with Crippen LogP contribution in [0.2, 0.25) is 17.7 Å². The van der Waals surface area contributed by atoms with Crippen molar-refractivity contribution >= 4 is 30.1 Å². The van der Waals surface area contributed by atoms with E-state index in [1.165, 1.54) is 56.3 Å². The molecule has 5 aliphatic rings. The summed E-state index contributed by atoms with van der Waals surface area (Å²) in [6.45, 7) is 24.5. The Labute approximate surface area is 507 Å². The molecular weight excluding hydrogens is 1160 g/mol. The van der Waals surface area contributed by atoms with Crippen LogP contribution in [-0.4, -0.2) is 108 Å². The van der Waals surface area contributed by atoms with Crippen molar-refractivity contribution in [2.24, 2.45) is 5.92 Å². The molecule has 0 spiro atoms. The summed E-state index contributed by atoms with van der Waals surface area (Å²) in [7, 11) is 0. The summed E-state index contributed by atoms with van der Waals surface area (Å²) in [5.74, 6) is 0.00196. The van der Waals surface area contributed by atoms with Crippen molar-refractivity contribution in [1.82, 2.24) is 0 Å². The summed E-state index contributed by atoms with van der Waals surface area (Å²) >= 11 is -0.712. The molecular formula is C71H100O10SSn. The summed E-state index contributed by atoms with van der Waals surface area (Å²) in [5.41, 5.74) is 0.176. The number of hydrogen-bond acceptors (Lipinski definition) is 11. The van der Waals surface area contributed by atoms with Crippen LogP contribution in [0.3, 0.4) is 0 Å². The Morgan fingerprint density at radius 1 is 0.699 bits per heavy atom. The van der Waals surface area contributed by atoms with Crippen molar-refractivity contribution in [3.63, 3.8) is 0 Å². The Morgan fingerprint density at radius 2 is 1.33 bits per heavy atom. The summed E-state index contributed by atoms with van der Waals surface area (Å²) in [6.07, 6.45) is 15.8. The number of ether oxygens (including phenoxy) is 10. The van der Waals surface area contributed by atoms with Gasteiger partial charge >= 0.3 is 277 Å². The predicted molar refractivity (Wildman–Crippen MR) is 336 cm³/mol. The first-order valence-corrected chi connectivity index (χ1v) is 40.8. The number of allylic oxidation sites excluding steroid dienone is 1. The van der Waals surface area contributed by atoms with Crippen LogP contribution in [0, 0.1) is 5.92 Å². The number of benzene rings is 4. The van der Waals surface area contributed by atoms with Gasteiger partial charge in [-0.2, -0.15) is 0 Å². The number of thioether (sulfide) groups is 1. The van der Waals surface area contributed by atoms with Crippen LogP contribution in [0.4, 0.5) is 0 Å². The molecule has 83 heavy (non-hydrogen) atoms. The van der Waals surface area contributed by atoms with Gasteiger partial charge in [-0.1, -0.05) is 115 Å². The molecule has 0 N–H and O–H groups in total. The van der Waals surface area contributed by atoms with Gasteiger partial charge in [-0.25, -0.2) is 0 Å². The Balaban J connectivity index is 0.967. The fraction of sp³-hybridized carbons (Fsp3) is 0.606. The Kier molecular flexibility index (Phi) is 23.5. The normalized spacial score (nSPS) is 32.5. The van der Waals surface area contributed by atoms with Crippen molar-refractivity contribution in [3.05, 3.63) is 163 Å². The second-order valence-electron chi connectivity index (χ2n) is 25.8. The molecule has 0 amide bonds. The van der Waals surface area contributed by atoms with Crippen LogP contribution in [0.25, 0.3) is 0 Å². The van der Waals surface area contributed by atoms with Crippen LogP contribution >= 0.6 is 11.8 Å². The van der Waals surface area contributed by atoms with Gasteiger partial charge in [-0.3, -0.25) is 0 Å². The van der Waals surface area contributed by atoms with Crippen molar-refractivity contribution in [1.29, 1.82) is 0 Å². The second-order valence-corrected chi connectivity index (χ2v) is 40.9. The molecule has 0 saturated carbocycles. The Hall–Kier alpha value is -3.05. The minimum absolute atomic E-state index is 0.00196. The van der Waals surface area contributed by atoms with Gasteiger partial charge in [0.05, 0.1) is 36.6 Å². The number of unbranched alkanes of at least 4 members (excludes halogenated alkanes) is 3. The molecule has 9 rings (SSSR count). The molecule has 0 radical (unpaired) electrons. The van der Waals surface area contributed by atoms with E-state index in [1.807, 2.05) is 36.4 Å². The Bertz CT molecular complexity index is 2560. The first-order valence-electron chi connectivity index (χ1n) is 31.8. The molecule has 454 valence electrons. The summed E-state index contributed by atoms with van der Waals surface area (Å²) in [5, 5.41) is 0. The zero-order valence-electron chi connectivity index (χ0n) is 51.5. The van der Waals surface area contributed by atoms with E-state index in [0.29, 0.717) is 65.0 Å². The molecule has 4 aromatic rings. The van der Waals surface area contributed by atoms with Gasteiger partial charge in [0.1, 0.15) is 0 Å². The van der Waals surface area contributed by atoms with Crippen molar-refractivity contribution in [2.75, 3.05) is 13.2 Å². The number of fused-ring (bicyclic) bond motifs is 3. The predicted octanol–water partition coefficient (Wildman–Crippen LogP) is 16.9. The molecule has 10 nitrogen and oxygen atoms in total. The van der Waals surface area contributed by atoms with Crippen LogP contribution in [0.1, 0.15) is 155 Å². The van der Waals surface area contributed by atoms with Crippen LogP contribution < -0.4 is 0 Å². The van der Waals surface area contributed by atoms with Crippen molar-refractivity contribution in [2.45, 2.75) is 251 Å². The molecule has 5 heterocycles. The van der Waals surface area contributed by atoms with Crippen LogP contribution in [-0.2, 0) is 60.6 Å². The molecule has 12 heteroatoms. The summed E-state index contributed by atoms with van der Waals surface area (Å²) in [4.78, 5) is 1.13. The quantitative estimate of drug-likeness (QED) is 0.0125. The first-order chi connectivity index (χ1) is 40.2. The van der Waals surface area contributed by atoms with E-state index in [9.17, 15) is 0 Å². The minimum atomic E-state index is -2.48. The third kappa shape index (κ3) is 16.8. The van der Waals surface area contributed by atoms with Crippen molar-refractivity contribution in [3.8, 4) is 0 Å². The van der Waals surface area contributed by atoms with Crippen LogP contribution in [0.15, 0.2) is 151 Å².